The summed E-state index contributed by atoms with van der Waals surface area (Å²) in [5.74, 6) is 0.518. The first kappa shape index (κ1) is 16.9. The van der Waals surface area contributed by atoms with Crippen molar-refractivity contribution in [1.82, 2.24) is 5.32 Å². The molecule has 0 aromatic heterocycles. The fourth-order valence-corrected chi connectivity index (χ4v) is 2.85. The predicted molar refractivity (Wildman–Crippen MR) is 72.1 cm³/mol. The van der Waals surface area contributed by atoms with Crippen LogP contribution in [-0.2, 0) is 14.6 Å². The van der Waals surface area contributed by atoms with Gasteiger partial charge >= 0.3 is 0 Å². The van der Waals surface area contributed by atoms with Crippen molar-refractivity contribution in [2.75, 3.05) is 25.7 Å². The quantitative estimate of drug-likeness (QED) is 0.652. The third-order valence-corrected chi connectivity index (χ3v) is 4.90. The lowest BCUT2D eigenvalue weighted by Crippen LogP contribution is -2.39. The monoisotopic (exact) mass is 265 g/mol. The standard InChI is InChI=1S/C12H27NO3S/c1-5-8-12(16-4)11(13-3)9-7-10-17(14,15)6-2/h11-13H,5-10H2,1-4H3. The largest absolute Gasteiger partial charge is 0.380 e. The van der Waals surface area contributed by atoms with Gasteiger partial charge in [-0.2, -0.15) is 0 Å². The topological polar surface area (TPSA) is 55.4 Å². The Kier molecular flexibility index (Phi) is 8.82. The lowest BCUT2D eigenvalue weighted by Gasteiger charge is -2.25. The minimum Gasteiger partial charge on any atom is -0.380 e. The Bertz CT molecular complexity index is 277. The van der Waals surface area contributed by atoms with E-state index in [4.69, 9.17) is 4.74 Å². The van der Waals surface area contributed by atoms with Gasteiger partial charge in [0.05, 0.1) is 11.9 Å². The van der Waals surface area contributed by atoms with Gasteiger partial charge < -0.3 is 10.1 Å². The van der Waals surface area contributed by atoms with Crippen molar-refractivity contribution in [2.45, 2.75) is 51.7 Å². The van der Waals surface area contributed by atoms with Crippen LogP contribution >= 0.6 is 0 Å². The summed E-state index contributed by atoms with van der Waals surface area (Å²) in [5.41, 5.74) is 0. The van der Waals surface area contributed by atoms with Gasteiger partial charge in [0, 0.05) is 18.9 Å². The second kappa shape index (κ2) is 8.89. The first-order valence-corrected chi connectivity index (χ1v) is 8.23. The van der Waals surface area contributed by atoms with Crippen molar-refractivity contribution in [1.29, 1.82) is 0 Å². The fourth-order valence-electron chi connectivity index (χ4n) is 1.95. The molecule has 0 saturated carbocycles. The van der Waals surface area contributed by atoms with Crippen LogP contribution in [0.25, 0.3) is 0 Å². The maximum Gasteiger partial charge on any atom is 0.150 e. The van der Waals surface area contributed by atoms with Crippen molar-refractivity contribution in [3.8, 4) is 0 Å². The molecule has 2 atom stereocenters. The van der Waals surface area contributed by atoms with E-state index < -0.39 is 9.84 Å². The Hall–Kier alpha value is -0.130. The highest BCUT2D eigenvalue weighted by Gasteiger charge is 2.19. The molecule has 0 heterocycles. The Balaban J connectivity index is 4.13. The van der Waals surface area contributed by atoms with Crippen molar-refractivity contribution in [3.63, 3.8) is 0 Å². The van der Waals surface area contributed by atoms with Crippen molar-refractivity contribution in [3.05, 3.63) is 0 Å². The van der Waals surface area contributed by atoms with Gasteiger partial charge in [0.1, 0.15) is 9.84 Å². The highest BCUT2D eigenvalue weighted by atomic mass is 32.2. The van der Waals surface area contributed by atoms with Crippen LogP contribution in [0, 0.1) is 0 Å². The Labute approximate surface area is 106 Å². The molecule has 17 heavy (non-hydrogen) atoms. The fraction of sp³-hybridized carbons (Fsp3) is 1.00. The SMILES string of the molecule is CCCC(OC)C(CCCS(=O)(=O)CC)NC. The average molecular weight is 265 g/mol. The molecule has 0 aromatic carbocycles. The molecule has 0 saturated heterocycles. The third kappa shape index (κ3) is 7.01. The Morgan fingerprint density at radius 3 is 2.29 bits per heavy atom. The van der Waals surface area contributed by atoms with Crippen LogP contribution in [0.1, 0.15) is 39.5 Å². The Morgan fingerprint density at radius 2 is 1.88 bits per heavy atom. The second-order valence-electron chi connectivity index (χ2n) is 4.34. The van der Waals surface area contributed by atoms with E-state index in [1.165, 1.54) is 0 Å². The van der Waals surface area contributed by atoms with Gasteiger partial charge in [-0.15, -0.1) is 0 Å². The van der Waals surface area contributed by atoms with Crippen LogP contribution in [0.4, 0.5) is 0 Å². The van der Waals surface area contributed by atoms with E-state index in [1.807, 2.05) is 7.05 Å². The van der Waals surface area contributed by atoms with Crippen molar-refractivity contribution >= 4 is 9.84 Å². The number of hydrogen-bond donors (Lipinski definition) is 1. The molecule has 0 bridgehead atoms. The first-order chi connectivity index (χ1) is 8.00. The summed E-state index contributed by atoms with van der Waals surface area (Å²) < 4.78 is 28.2. The first-order valence-electron chi connectivity index (χ1n) is 6.41. The lowest BCUT2D eigenvalue weighted by atomic mass is 10.0. The summed E-state index contributed by atoms with van der Waals surface area (Å²) in [6, 6.07) is 0.243. The molecule has 0 fully saturated rings. The van der Waals surface area contributed by atoms with E-state index in [9.17, 15) is 8.42 Å². The number of hydrogen-bond acceptors (Lipinski definition) is 4. The lowest BCUT2D eigenvalue weighted by molar-refractivity contribution is 0.0604. The Morgan fingerprint density at radius 1 is 1.24 bits per heavy atom. The van der Waals surface area contributed by atoms with Crippen LogP contribution < -0.4 is 5.32 Å². The predicted octanol–water partition coefficient (Wildman–Crippen LogP) is 1.60. The zero-order valence-electron chi connectivity index (χ0n) is 11.5. The minimum atomic E-state index is -2.84. The van der Waals surface area contributed by atoms with Crippen molar-refractivity contribution in [2.24, 2.45) is 0 Å². The van der Waals surface area contributed by atoms with Crippen LogP contribution in [0.3, 0.4) is 0 Å². The molecular weight excluding hydrogens is 238 g/mol. The summed E-state index contributed by atoms with van der Waals surface area (Å²) in [4.78, 5) is 0. The molecule has 0 aliphatic carbocycles. The van der Waals surface area contributed by atoms with Crippen LogP contribution in [-0.4, -0.2) is 46.2 Å². The van der Waals surface area contributed by atoms with Crippen LogP contribution in [0.2, 0.25) is 0 Å². The zero-order valence-corrected chi connectivity index (χ0v) is 12.3. The van der Waals surface area contributed by atoms with E-state index in [2.05, 4.69) is 12.2 Å². The third-order valence-electron chi connectivity index (χ3n) is 3.11. The summed E-state index contributed by atoms with van der Waals surface area (Å²) in [6.45, 7) is 3.82. The number of sulfone groups is 1. The van der Waals surface area contributed by atoms with Crippen LogP contribution in [0.15, 0.2) is 0 Å². The van der Waals surface area contributed by atoms with Gasteiger partial charge in [0.15, 0.2) is 0 Å². The number of likely N-dealkylation sites (N-methyl/N-ethyl adjacent to an activating group) is 1. The van der Waals surface area contributed by atoms with Gasteiger partial charge in [-0.25, -0.2) is 8.42 Å². The van der Waals surface area contributed by atoms with Gasteiger partial charge in [-0.1, -0.05) is 20.3 Å². The van der Waals surface area contributed by atoms with E-state index in [0.29, 0.717) is 6.42 Å². The molecule has 5 heteroatoms. The molecule has 0 amide bonds. The van der Waals surface area contributed by atoms with Gasteiger partial charge in [-0.3, -0.25) is 0 Å². The number of ether oxygens (including phenoxy) is 1. The molecule has 0 aliphatic rings. The van der Waals surface area contributed by atoms with Crippen LogP contribution in [0.5, 0.6) is 0 Å². The average Bonchev–Trinajstić information content (AvgIpc) is 2.32. The highest BCUT2D eigenvalue weighted by molar-refractivity contribution is 7.91. The van der Waals surface area contributed by atoms with E-state index >= 15 is 0 Å². The maximum absolute atomic E-state index is 11.4. The van der Waals surface area contributed by atoms with E-state index in [0.717, 1.165) is 19.3 Å². The highest BCUT2D eigenvalue weighted by Crippen LogP contribution is 2.12. The molecule has 0 spiro atoms. The normalized spacial score (nSPS) is 15.8. The van der Waals surface area contributed by atoms with Gasteiger partial charge in [0.2, 0.25) is 0 Å². The second-order valence-corrected chi connectivity index (χ2v) is 6.81. The molecular formula is C12H27NO3S. The molecule has 104 valence electrons. The number of methoxy groups -OCH3 is 1. The molecule has 4 nitrogen and oxygen atoms in total. The smallest absolute Gasteiger partial charge is 0.150 e. The molecule has 0 radical (unpaired) electrons. The van der Waals surface area contributed by atoms with E-state index in [1.54, 1.807) is 14.0 Å². The number of rotatable bonds is 10. The molecule has 0 rings (SSSR count). The molecule has 1 N–H and O–H groups in total. The molecule has 0 aliphatic heterocycles. The minimum absolute atomic E-state index is 0.175. The van der Waals surface area contributed by atoms with E-state index in [-0.39, 0.29) is 23.7 Å². The van der Waals surface area contributed by atoms with Gasteiger partial charge in [-0.05, 0) is 26.3 Å². The van der Waals surface area contributed by atoms with Crippen molar-refractivity contribution < 1.29 is 13.2 Å². The summed E-state index contributed by atoms with van der Waals surface area (Å²) in [6.07, 6.45) is 3.79. The number of nitrogens with one attached hydrogen (secondary N) is 1. The molecule has 2 unspecified atom stereocenters. The summed E-state index contributed by atoms with van der Waals surface area (Å²) in [7, 11) is 0.782. The maximum atomic E-state index is 11.4. The summed E-state index contributed by atoms with van der Waals surface area (Å²) in [5, 5.41) is 3.22. The zero-order chi connectivity index (χ0) is 13.3. The summed E-state index contributed by atoms with van der Waals surface area (Å²) >= 11 is 0. The molecule has 0 aromatic rings. The van der Waals surface area contributed by atoms with Gasteiger partial charge in [0.25, 0.3) is 0 Å².